The van der Waals surface area contributed by atoms with Gasteiger partial charge >= 0.3 is 0 Å². The van der Waals surface area contributed by atoms with E-state index >= 15 is 0 Å². The number of hydrogen-bond acceptors (Lipinski definition) is 4. The number of para-hydroxylation sites is 1. The highest BCUT2D eigenvalue weighted by molar-refractivity contribution is 5.69. The molecule has 2 aromatic carbocycles. The number of ether oxygens (including phenoxy) is 1. The average Bonchev–Trinajstić information content (AvgIpc) is 2.78. The van der Waals surface area contributed by atoms with Crippen LogP contribution >= 0.6 is 0 Å². The van der Waals surface area contributed by atoms with E-state index in [9.17, 15) is 0 Å². The van der Waals surface area contributed by atoms with Crippen LogP contribution < -0.4 is 9.64 Å². The van der Waals surface area contributed by atoms with Crippen molar-refractivity contribution in [3.63, 3.8) is 0 Å². The predicted octanol–water partition coefficient (Wildman–Crippen LogP) is 5.44. The molecule has 0 amide bonds. The van der Waals surface area contributed by atoms with Gasteiger partial charge in [0.25, 0.3) is 0 Å². The van der Waals surface area contributed by atoms with Gasteiger partial charge in [-0.2, -0.15) is 10.2 Å². The van der Waals surface area contributed by atoms with Crippen LogP contribution in [0, 0.1) is 0 Å². The topological polar surface area (TPSA) is 37.2 Å². The highest BCUT2D eigenvalue weighted by Crippen LogP contribution is 2.46. The van der Waals surface area contributed by atoms with Gasteiger partial charge in [0.05, 0.1) is 18.5 Å². The minimum atomic E-state index is -0.0802. The Bertz CT molecular complexity index is 776. The Balaban J connectivity index is 1.82. The van der Waals surface area contributed by atoms with Crippen LogP contribution in [0.15, 0.2) is 70.7 Å². The molecule has 0 atom stereocenters. The lowest BCUT2D eigenvalue weighted by Crippen LogP contribution is -2.22. The van der Waals surface area contributed by atoms with Gasteiger partial charge < -0.3 is 9.64 Å². The summed E-state index contributed by atoms with van der Waals surface area (Å²) in [6.07, 6.45) is 1.86. The first kappa shape index (κ1) is 16.2. The third kappa shape index (κ3) is 2.92. The van der Waals surface area contributed by atoms with Gasteiger partial charge in [-0.1, -0.05) is 32.0 Å². The van der Waals surface area contributed by atoms with Gasteiger partial charge in [-0.15, -0.1) is 0 Å². The molecule has 0 radical (unpaired) electrons. The maximum atomic E-state index is 5.43. The highest BCUT2D eigenvalue weighted by atomic mass is 16.5. The summed E-state index contributed by atoms with van der Waals surface area (Å²) < 4.78 is 5.43. The number of hydrogen-bond donors (Lipinski definition) is 0. The molecule has 0 unspecified atom stereocenters. The average molecular weight is 321 g/mol. The summed E-state index contributed by atoms with van der Waals surface area (Å²) >= 11 is 0. The van der Waals surface area contributed by atoms with Gasteiger partial charge in [0, 0.05) is 23.8 Å². The van der Waals surface area contributed by atoms with E-state index in [-0.39, 0.29) is 5.41 Å². The highest BCUT2D eigenvalue weighted by Gasteiger charge is 2.38. The summed E-state index contributed by atoms with van der Waals surface area (Å²) in [4.78, 5) is 2.19. The number of nitrogens with zero attached hydrogens (tertiary/aromatic N) is 3. The van der Waals surface area contributed by atoms with E-state index in [1.807, 2.05) is 37.4 Å². The molecular formula is C20H23N3O. The van der Waals surface area contributed by atoms with E-state index in [4.69, 9.17) is 4.74 Å². The molecule has 0 bridgehead atoms. The van der Waals surface area contributed by atoms with Gasteiger partial charge in [0.15, 0.2) is 0 Å². The Morgan fingerprint density at radius 2 is 1.79 bits per heavy atom. The second kappa shape index (κ2) is 6.48. The van der Waals surface area contributed by atoms with E-state index in [0.717, 1.165) is 17.1 Å². The molecule has 124 valence electrons. The summed E-state index contributed by atoms with van der Waals surface area (Å²) in [5, 5.41) is 8.61. The fourth-order valence-electron chi connectivity index (χ4n) is 3.16. The first-order chi connectivity index (χ1) is 11.5. The molecule has 1 heterocycles. The number of benzene rings is 2. The molecular weight excluding hydrogens is 298 g/mol. The predicted molar refractivity (Wildman–Crippen MR) is 98.1 cm³/mol. The van der Waals surface area contributed by atoms with Crippen LogP contribution in [0.1, 0.15) is 26.3 Å². The normalized spacial score (nSPS) is 17.5. The van der Waals surface area contributed by atoms with Crippen LogP contribution in [-0.2, 0) is 5.41 Å². The lowest BCUT2D eigenvalue weighted by molar-refractivity contribution is 0.340. The lowest BCUT2D eigenvalue weighted by atomic mass is 9.84. The molecule has 2 aromatic rings. The van der Waals surface area contributed by atoms with Crippen molar-refractivity contribution in [3.8, 4) is 5.75 Å². The van der Waals surface area contributed by atoms with Gasteiger partial charge in [-0.25, -0.2) is 0 Å². The molecule has 0 fully saturated rings. The number of fused-ring (bicyclic) bond motifs is 1. The van der Waals surface area contributed by atoms with Crippen molar-refractivity contribution in [1.82, 2.24) is 0 Å². The van der Waals surface area contributed by atoms with Crippen molar-refractivity contribution in [2.24, 2.45) is 10.2 Å². The maximum absolute atomic E-state index is 5.43. The minimum Gasteiger partial charge on any atom is -0.494 e. The molecule has 4 nitrogen and oxygen atoms in total. The second-order valence-electron chi connectivity index (χ2n) is 6.36. The molecule has 1 aliphatic heterocycles. The van der Waals surface area contributed by atoms with Crippen molar-refractivity contribution in [2.75, 3.05) is 18.6 Å². The van der Waals surface area contributed by atoms with Crippen molar-refractivity contribution < 1.29 is 4.74 Å². The van der Waals surface area contributed by atoms with Crippen LogP contribution in [0.4, 0.5) is 11.4 Å². The van der Waals surface area contributed by atoms with Crippen molar-refractivity contribution >= 4 is 11.4 Å². The summed E-state index contributed by atoms with van der Waals surface area (Å²) in [5.41, 5.74) is 4.41. The molecule has 0 aromatic heterocycles. The summed E-state index contributed by atoms with van der Waals surface area (Å²) in [6, 6.07) is 16.1. The van der Waals surface area contributed by atoms with Crippen LogP contribution in [0.3, 0.4) is 0 Å². The molecule has 0 N–H and O–H groups in total. The second-order valence-corrected chi connectivity index (χ2v) is 6.36. The third-order valence-corrected chi connectivity index (χ3v) is 4.44. The van der Waals surface area contributed by atoms with Crippen molar-refractivity contribution in [3.05, 3.63) is 66.0 Å². The zero-order chi connectivity index (χ0) is 17.2. The molecule has 0 saturated heterocycles. The monoisotopic (exact) mass is 321 g/mol. The van der Waals surface area contributed by atoms with Crippen LogP contribution in [-0.4, -0.2) is 13.7 Å². The van der Waals surface area contributed by atoms with E-state index in [1.165, 1.54) is 11.3 Å². The molecule has 24 heavy (non-hydrogen) atoms. The SMILES string of the molecule is CCOc1ccc(N=N/C=C2\N(C)c3ccccc3C2(C)C)cc1. The summed E-state index contributed by atoms with van der Waals surface area (Å²) in [6.45, 7) is 7.06. The number of rotatable bonds is 4. The van der Waals surface area contributed by atoms with Gasteiger partial charge in [-0.05, 0) is 42.8 Å². The minimum absolute atomic E-state index is 0.0802. The van der Waals surface area contributed by atoms with Crippen LogP contribution in [0.2, 0.25) is 0 Å². The van der Waals surface area contributed by atoms with E-state index in [1.54, 1.807) is 0 Å². The zero-order valence-electron chi connectivity index (χ0n) is 14.7. The first-order valence-electron chi connectivity index (χ1n) is 8.21. The Labute approximate surface area is 143 Å². The summed E-state index contributed by atoms with van der Waals surface area (Å²) in [7, 11) is 2.08. The van der Waals surface area contributed by atoms with E-state index in [0.29, 0.717) is 6.61 Å². The van der Waals surface area contributed by atoms with E-state index < -0.39 is 0 Å². The molecule has 0 aliphatic carbocycles. The molecule has 3 rings (SSSR count). The molecule has 0 spiro atoms. The quantitative estimate of drug-likeness (QED) is 0.703. The smallest absolute Gasteiger partial charge is 0.119 e. The number of azo groups is 1. The molecule has 0 saturated carbocycles. The van der Waals surface area contributed by atoms with Crippen LogP contribution in [0.5, 0.6) is 5.75 Å². The van der Waals surface area contributed by atoms with Gasteiger partial charge in [0.1, 0.15) is 5.75 Å². The fourth-order valence-corrected chi connectivity index (χ4v) is 3.16. The first-order valence-corrected chi connectivity index (χ1v) is 8.21. The lowest BCUT2D eigenvalue weighted by Gasteiger charge is -2.22. The van der Waals surface area contributed by atoms with Gasteiger partial charge in [0.2, 0.25) is 0 Å². The number of anilines is 1. The van der Waals surface area contributed by atoms with Gasteiger partial charge in [-0.3, -0.25) is 0 Å². The van der Waals surface area contributed by atoms with Crippen LogP contribution in [0.25, 0.3) is 0 Å². The zero-order valence-corrected chi connectivity index (χ0v) is 14.7. The number of allylic oxidation sites excluding steroid dienone is 1. The largest absolute Gasteiger partial charge is 0.494 e. The Morgan fingerprint density at radius 3 is 2.46 bits per heavy atom. The number of likely N-dealkylation sites (N-methyl/N-ethyl adjacent to an activating group) is 1. The Hall–Kier alpha value is -2.62. The third-order valence-electron chi connectivity index (χ3n) is 4.44. The molecule has 4 heteroatoms. The Morgan fingerprint density at radius 1 is 1.08 bits per heavy atom. The fraction of sp³-hybridized carbons (Fsp3) is 0.300. The summed E-state index contributed by atoms with van der Waals surface area (Å²) in [5.74, 6) is 0.849. The van der Waals surface area contributed by atoms with Crippen molar-refractivity contribution in [1.29, 1.82) is 0 Å². The van der Waals surface area contributed by atoms with Crippen molar-refractivity contribution in [2.45, 2.75) is 26.2 Å². The standard InChI is InChI=1S/C20H23N3O/c1-5-24-16-12-10-15(11-13-16)22-21-14-19-20(2,3)17-8-6-7-9-18(17)23(19)4/h6-14H,5H2,1-4H3/b19-14-,22-21?. The van der Waals surface area contributed by atoms with E-state index in [2.05, 4.69) is 60.3 Å². The maximum Gasteiger partial charge on any atom is 0.119 e. The molecule has 1 aliphatic rings. The Kier molecular flexibility index (Phi) is 4.38.